The highest BCUT2D eigenvalue weighted by atomic mass is 16.5. The van der Waals surface area contributed by atoms with Gasteiger partial charge in [-0.05, 0) is 6.42 Å². The van der Waals surface area contributed by atoms with Crippen LogP contribution in [0.25, 0.3) is 0 Å². The van der Waals surface area contributed by atoms with Gasteiger partial charge in [0.05, 0.1) is 13.0 Å². The molecular formula is C8H17NO3. The Labute approximate surface area is 72.9 Å². The molecule has 0 radical (unpaired) electrons. The van der Waals surface area contributed by atoms with E-state index in [1.165, 1.54) is 0 Å². The van der Waals surface area contributed by atoms with Crippen molar-refractivity contribution in [2.75, 3.05) is 20.3 Å². The molecular weight excluding hydrogens is 158 g/mol. The van der Waals surface area contributed by atoms with Gasteiger partial charge in [0.25, 0.3) is 0 Å². The first-order valence-electron chi connectivity index (χ1n) is 4.14. The standard InChI is InChI=1S/C8H17NO3/c1-3-7(6-12-2)9-5-4-8(10)11/h7,9H,3-6H2,1-2H3,(H,10,11). The third-order valence-corrected chi connectivity index (χ3v) is 1.63. The fourth-order valence-corrected chi connectivity index (χ4v) is 0.906. The number of nitrogens with one attached hydrogen (secondary N) is 1. The molecule has 4 heteroatoms. The molecule has 0 spiro atoms. The van der Waals surface area contributed by atoms with Crippen molar-refractivity contribution in [2.24, 2.45) is 0 Å². The summed E-state index contributed by atoms with van der Waals surface area (Å²) >= 11 is 0. The highest BCUT2D eigenvalue weighted by Crippen LogP contribution is 1.91. The van der Waals surface area contributed by atoms with Crippen molar-refractivity contribution in [1.29, 1.82) is 0 Å². The quantitative estimate of drug-likeness (QED) is 0.590. The van der Waals surface area contributed by atoms with Gasteiger partial charge in [0.15, 0.2) is 0 Å². The summed E-state index contributed by atoms with van der Waals surface area (Å²) in [6.07, 6.45) is 1.12. The maximum atomic E-state index is 10.2. The zero-order chi connectivity index (χ0) is 9.40. The van der Waals surface area contributed by atoms with Crippen LogP contribution in [0.15, 0.2) is 0 Å². The molecule has 72 valence electrons. The normalized spacial score (nSPS) is 12.8. The van der Waals surface area contributed by atoms with Crippen molar-refractivity contribution in [3.8, 4) is 0 Å². The summed E-state index contributed by atoms with van der Waals surface area (Å²) in [7, 11) is 1.64. The number of hydrogen-bond donors (Lipinski definition) is 2. The summed E-state index contributed by atoms with van der Waals surface area (Å²) in [5.41, 5.74) is 0. The summed E-state index contributed by atoms with van der Waals surface area (Å²) < 4.78 is 4.94. The largest absolute Gasteiger partial charge is 0.481 e. The van der Waals surface area contributed by atoms with Crippen molar-refractivity contribution in [1.82, 2.24) is 5.32 Å². The van der Waals surface area contributed by atoms with Crippen molar-refractivity contribution >= 4 is 5.97 Å². The highest BCUT2D eigenvalue weighted by Gasteiger charge is 2.04. The van der Waals surface area contributed by atoms with E-state index >= 15 is 0 Å². The van der Waals surface area contributed by atoms with E-state index in [0.29, 0.717) is 13.2 Å². The van der Waals surface area contributed by atoms with Crippen molar-refractivity contribution in [2.45, 2.75) is 25.8 Å². The van der Waals surface area contributed by atoms with Gasteiger partial charge in [-0.2, -0.15) is 0 Å². The van der Waals surface area contributed by atoms with Crippen LogP contribution in [0.3, 0.4) is 0 Å². The van der Waals surface area contributed by atoms with Crippen LogP contribution in [0.1, 0.15) is 19.8 Å². The molecule has 0 bridgehead atoms. The number of carboxylic acids is 1. The highest BCUT2D eigenvalue weighted by molar-refractivity contribution is 5.66. The van der Waals surface area contributed by atoms with Crippen LogP contribution in [-0.2, 0) is 9.53 Å². The lowest BCUT2D eigenvalue weighted by Gasteiger charge is -2.14. The number of carbonyl (C=O) groups is 1. The van der Waals surface area contributed by atoms with Crippen molar-refractivity contribution in [3.05, 3.63) is 0 Å². The molecule has 0 aliphatic heterocycles. The molecule has 0 aliphatic rings. The van der Waals surface area contributed by atoms with Crippen LogP contribution in [0.5, 0.6) is 0 Å². The molecule has 1 atom stereocenters. The molecule has 0 aromatic carbocycles. The molecule has 0 aromatic heterocycles. The van der Waals surface area contributed by atoms with Gasteiger partial charge < -0.3 is 15.2 Å². The number of aliphatic carboxylic acids is 1. The Morgan fingerprint density at radius 3 is 2.75 bits per heavy atom. The number of carboxylic acid groups (broad SMARTS) is 1. The van der Waals surface area contributed by atoms with E-state index in [9.17, 15) is 4.79 Å². The number of methoxy groups -OCH3 is 1. The predicted molar refractivity (Wildman–Crippen MR) is 46.2 cm³/mol. The monoisotopic (exact) mass is 175 g/mol. The third kappa shape index (κ3) is 6.12. The summed E-state index contributed by atoms with van der Waals surface area (Å²) in [5.74, 6) is -0.769. The van der Waals surface area contributed by atoms with Crippen LogP contribution < -0.4 is 5.32 Å². The second-order valence-corrected chi connectivity index (χ2v) is 2.66. The first-order valence-corrected chi connectivity index (χ1v) is 4.14. The lowest BCUT2D eigenvalue weighted by molar-refractivity contribution is -0.136. The van der Waals surface area contributed by atoms with E-state index in [1.807, 2.05) is 6.92 Å². The summed E-state index contributed by atoms with van der Waals surface area (Å²) in [5, 5.41) is 11.5. The average molecular weight is 175 g/mol. The molecule has 2 N–H and O–H groups in total. The molecule has 1 unspecified atom stereocenters. The van der Waals surface area contributed by atoms with Gasteiger partial charge in [0.2, 0.25) is 0 Å². The Hall–Kier alpha value is -0.610. The van der Waals surface area contributed by atoms with Crippen LogP contribution in [0.4, 0.5) is 0 Å². The molecule has 0 saturated carbocycles. The van der Waals surface area contributed by atoms with Gasteiger partial charge in [-0.3, -0.25) is 4.79 Å². The summed E-state index contributed by atoms with van der Waals surface area (Å²) in [6, 6.07) is 0.273. The van der Waals surface area contributed by atoms with Crippen LogP contribution in [-0.4, -0.2) is 37.4 Å². The number of ether oxygens (including phenoxy) is 1. The molecule has 12 heavy (non-hydrogen) atoms. The minimum Gasteiger partial charge on any atom is -0.481 e. The Kier molecular flexibility index (Phi) is 6.70. The average Bonchev–Trinajstić information content (AvgIpc) is 2.02. The molecule has 0 saturated heterocycles. The predicted octanol–water partition coefficient (Wildman–Crippen LogP) is 0.476. The Morgan fingerprint density at radius 1 is 1.67 bits per heavy atom. The number of rotatable bonds is 7. The minimum absolute atomic E-state index is 0.167. The Morgan fingerprint density at radius 2 is 2.33 bits per heavy atom. The molecule has 0 heterocycles. The van der Waals surface area contributed by atoms with E-state index in [4.69, 9.17) is 9.84 Å². The first kappa shape index (κ1) is 11.4. The lowest BCUT2D eigenvalue weighted by atomic mass is 10.2. The molecule has 0 aliphatic carbocycles. The zero-order valence-corrected chi connectivity index (χ0v) is 7.67. The van der Waals surface area contributed by atoms with E-state index in [0.717, 1.165) is 6.42 Å². The Bertz CT molecular complexity index is 127. The van der Waals surface area contributed by atoms with Gasteiger partial charge in [-0.1, -0.05) is 6.92 Å². The van der Waals surface area contributed by atoms with E-state index in [-0.39, 0.29) is 12.5 Å². The second kappa shape index (κ2) is 7.06. The van der Waals surface area contributed by atoms with Gasteiger partial charge in [-0.25, -0.2) is 0 Å². The molecule has 0 amide bonds. The van der Waals surface area contributed by atoms with Crippen LogP contribution >= 0.6 is 0 Å². The van der Waals surface area contributed by atoms with Gasteiger partial charge >= 0.3 is 5.97 Å². The third-order valence-electron chi connectivity index (χ3n) is 1.63. The lowest BCUT2D eigenvalue weighted by Crippen LogP contribution is -2.34. The summed E-state index contributed by atoms with van der Waals surface area (Å²) in [6.45, 7) is 3.19. The molecule has 4 nitrogen and oxygen atoms in total. The SMILES string of the molecule is CCC(COC)NCCC(=O)O. The minimum atomic E-state index is -0.769. The fourth-order valence-electron chi connectivity index (χ4n) is 0.906. The van der Waals surface area contributed by atoms with E-state index in [1.54, 1.807) is 7.11 Å². The molecule has 0 aromatic rings. The summed E-state index contributed by atoms with van der Waals surface area (Å²) in [4.78, 5) is 10.2. The van der Waals surface area contributed by atoms with Crippen LogP contribution in [0.2, 0.25) is 0 Å². The van der Waals surface area contributed by atoms with Crippen LogP contribution in [0, 0.1) is 0 Å². The van der Waals surface area contributed by atoms with Crippen molar-refractivity contribution in [3.63, 3.8) is 0 Å². The maximum absolute atomic E-state index is 10.2. The van der Waals surface area contributed by atoms with Gasteiger partial charge in [-0.15, -0.1) is 0 Å². The van der Waals surface area contributed by atoms with Gasteiger partial charge in [0, 0.05) is 19.7 Å². The first-order chi connectivity index (χ1) is 5.70. The smallest absolute Gasteiger partial charge is 0.304 e. The number of hydrogen-bond acceptors (Lipinski definition) is 3. The molecule has 0 fully saturated rings. The second-order valence-electron chi connectivity index (χ2n) is 2.66. The van der Waals surface area contributed by atoms with Crippen molar-refractivity contribution < 1.29 is 14.6 Å². The molecule has 0 rings (SSSR count). The Balaban J connectivity index is 3.37. The fraction of sp³-hybridized carbons (Fsp3) is 0.875. The zero-order valence-electron chi connectivity index (χ0n) is 7.67. The van der Waals surface area contributed by atoms with E-state index < -0.39 is 5.97 Å². The maximum Gasteiger partial charge on any atom is 0.304 e. The van der Waals surface area contributed by atoms with Gasteiger partial charge in [0.1, 0.15) is 0 Å². The topological polar surface area (TPSA) is 58.6 Å². The van der Waals surface area contributed by atoms with E-state index in [2.05, 4.69) is 5.32 Å².